The Morgan fingerprint density at radius 3 is 2.71 bits per heavy atom. The zero-order valence-electron chi connectivity index (χ0n) is 8.03. The standard InChI is InChI=1S/C11H12N2O/c1-8-7-10(12-13-11(8)14)9-5-3-2-4-6-9/h2-6,8H,7H2,1H3,(H,13,14)/t8-/m0/s1. The van der Waals surface area contributed by atoms with E-state index < -0.39 is 0 Å². The molecule has 1 aliphatic heterocycles. The fourth-order valence-electron chi connectivity index (χ4n) is 1.47. The minimum atomic E-state index is 0.00433. The Morgan fingerprint density at radius 1 is 1.36 bits per heavy atom. The molecule has 14 heavy (non-hydrogen) atoms. The summed E-state index contributed by atoms with van der Waals surface area (Å²) >= 11 is 0. The van der Waals surface area contributed by atoms with Crippen LogP contribution in [-0.2, 0) is 4.79 Å². The van der Waals surface area contributed by atoms with E-state index >= 15 is 0 Å². The predicted molar refractivity (Wildman–Crippen MR) is 54.9 cm³/mol. The maximum Gasteiger partial charge on any atom is 0.243 e. The van der Waals surface area contributed by atoms with E-state index in [1.54, 1.807) is 0 Å². The molecule has 0 saturated carbocycles. The molecule has 0 fully saturated rings. The largest absolute Gasteiger partial charge is 0.273 e. The van der Waals surface area contributed by atoms with Gasteiger partial charge in [0.2, 0.25) is 5.91 Å². The van der Waals surface area contributed by atoms with Crippen LogP contribution < -0.4 is 5.43 Å². The SMILES string of the molecule is C[C@H]1CC(c2ccccc2)=NNC1=O. The van der Waals surface area contributed by atoms with Gasteiger partial charge < -0.3 is 0 Å². The summed E-state index contributed by atoms with van der Waals surface area (Å²) in [6, 6.07) is 9.92. The lowest BCUT2D eigenvalue weighted by Crippen LogP contribution is -2.33. The van der Waals surface area contributed by atoms with Gasteiger partial charge in [-0.25, -0.2) is 5.43 Å². The molecule has 0 unspecified atom stereocenters. The van der Waals surface area contributed by atoms with E-state index in [-0.39, 0.29) is 11.8 Å². The second-order valence-electron chi connectivity index (χ2n) is 3.51. The molecule has 1 heterocycles. The maximum absolute atomic E-state index is 11.2. The molecule has 1 atom stereocenters. The molecular weight excluding hydrogens is 176 g/mol. The topological polar surface area (TPSA) is 41.5 Å². The lowest BCUT2D eigenvalue weighted by molar-refractivity contribution is -0.124. The van der Waals surface area contributed by atoms with Crippen molar-refractivity contribution in [1.82, 2.24) is 5.43 Å². The quantitative estimate of drug-likeness (QED) is 0.713. The predicted octanol–water partition coefficient (Wildman–Crippen LogP) is 1.55. The van der Waals surface area contributed by atoms with E-state index in [4.69, 9.17) is 0 Å². The molecular formula is C11H12N2O. The van der Waals surface area contributed by atoms with E-state index in [1.165, 1.54) is 0 Å². The van der Waals surface area contributed by atoms with Crippen molar-refractivity contribution in [2.75, 3.05) is 0 Å². The van der Waals surface area contributed by atoms with Crippen molar-refractivity contribution >= 4 is 11.6 Å². The van der Waals surface area contributed by atoms with Crippen LogP contribution in [0.3, 0.4) is 0 Å². The van der Waals surface area contributed by atoms with Gasteiger partial charge >= 0.3 is 0 Å². The van der Waals surface area contributed by atoms with E-state index in [9.17, 15) is 4.79 Å². The van der Waals surface area contributed by atoms with Crippen LogP contribution in [0.4, 0.5) is 0 Å². The van der Waals surface area contributed by atoms with Crippen molar-refractivity contribution in [1.29, 1.82) is 0 Å². The van der Waals surface area contributed by atoms with Crippen LogP contribution in [-0.4, -0.2) is 11.6 Å². The molecule has 0 saturated heterocycles. The highest BCUT2D eigenvalue weighted by atomic mass is 16.2. The van der Waals surface area contributed by atoms with Crippen molar-refractivity contribution in [3.8, 4) is 0 Å². The van der Waals surface area contributed by atoms with E-state index in [0.717, 1.165) is 17.7 Å². The second kappa shape index (κ2) is 3.62. The molecule has 0 bridgehead atoms. The molecule has 0 aliphatic carbocycles. The van der Waals surface area contributed by atoms with Gasteiger partial charge in [-0.05, 0) is 5.56 Å². The Bertz CT molecular complexity index is 370. The first-order valence-corrected chi connectivity index (χ1v) is 4.69. The molecule has 0 spiro atoms. The monoisotopic (exact) mass is 188 g/mol. The van der Waals surface area contributed by atoms with Crippen molar-refractivity contribution in [2.24, 2.45) is 11.0 Å². The Kier molecular flexibility index (Phi) is 2.31. The first-order valence-electron chi connectivity index (χ1n) is 4.69. The third-order valence-corrected chi connectivity index (χ3v) is 2.36. The van der Waals surface area contributed by atoms with E-state index in [1.807, 2.05) is 37.3 Å². The Labute approximate surface area is 82.8 Å². The Hall–Kier alpha value is -1.64. The highest BCUT2D eigenvalue weighted by molar-refractivity contribution is 6.04. The summed E-state index contributed by atoms with van der Waals surface area (Å²) in [5.41, 5.74) is 4.57. The Balaban J connectivity index is 2.25. The number of carbonyl (C=O) groups excluding carboxylic acids is 1. The summed E-state index contributed by atoms with van der Waals surface area (Å²) in [5, 5.41) is 4.05. The van der Waals surface area contributed by atoms with Crippen LogP contribution in [0.5, 0.6) is 0 Å². The van der Waals surface area contributed by atoms with Crippen LogP contribution in [0.15, 0.2) is 35.4 Å². The number of hydrazone groups is 1. The molecule has 1 amide bonds. The molecule has 0 aromatic heterocycles. The third kappa shape index (κ3) is 1.66. The average molecular weight is 188 g/mol. The summed E-state index contributed by atoms with van der Waals surface area (Å²) < 4.78 is 0. The van der Waals surface area contributed by atoms with Gasteiger partial charge in [0.05, 0.1) is 5.71 Å². The van der Waals surface area contributed by atoms with Crippen LogP contribution in [0.1, 0.15) is 18.9 Å². The molecule has 1 aliphatic rings. The normalized spacial score (nSPS) is 21.4. The molecule has 1 aromatic carbocycles. The number of carbonyl (C=O) groups is 1. The molecule has 2 rings (SSSR count). The summed E-state index contributed by atoms with van der Waals surface area (Å²) in [6.07, 6.45) is 0.718. The summed E-state index contributed by atoms with van der Waals surface area (Å²) in [6.45, 7) is 1.91. The lowest BCUT2D eigenvalue weighted by atomic mass is 9.97. The summed E-state index contributed by atoms with van der Waals surface area (Å²) in [7, 11) is 0. The first-order chi connectivity index (χ1) is 6.77. The first kappa shape index (κ1) is 8.94. The zero-order chi connectivity index (χ0) is 9.97. The smallest absolute Gasteiger partial charge is 0.243 e. The number of hydrogen-bond acceptors (Lipinski definition) is 2. The number of amides is 1. The number of nitrogens with zero attached hydrogens (tertiary/aromatic N) is 1. The maximum atomic E-state index is 11.2. The van der Waals surface area contributed by atoms with Gasteiger partial charge in [0.25, 0.3) is 0 Å². The molecule has 0 radical (unpaired) electrons. The fraction of sp³-hybridized carbons (Fsp3) is 0.273. The second-order valence-corrected chi connectivity index (χ2v) is 3.51. The molecule has 1 aromatic rings. The fourth-order valence-corrected chi connectivity index (χ4v) is 1.47. The van der Waals surface area contributed by atoms with Crippen molar-refractivity contribution in [3.63, 3.8) is 0 Å². The summed E-state index contributed by atoms with van der Waals surface area (Å²) in [5.74, 6) is 0.0207. The van der Waals surface area contributed by atoms with Gasteiger partial charge in [-0.2, -0.15) is 5.10 Å². The minimum Gasteiger partial charge on any atom is -0.273 e. The van der Waals surface area contributed by atoms with Crippen molar-refractivity contribution < 1.29 is 4.79 Å². The van der Waals surface area contributed by atoms with Crippen molar-refractivity contribution in [2.45, 2.75) is 13.3 Å². The number of benzene rings is 1. The van der Waals surface area contributed by atoms with Crippen LogP contribution in [0.25, 0.3) is 0 Å². The summed E-state index contributed by atoms with van der Waals surface area (Å²) in [4.78, 5) is 11.2. The van der Waals surface area contributed by atoms with E-state index in [2.05, 4.69) is 10.5 Å². The minimum absolute atomic E-state index is 0.00433. The molecule has 3 nitrogen and oxygen atoms in total. The highest BCUT2D eigenvalue weighted by Crippen LogP contribution is 2.14. The third-order valence-electron chi connectivity index (χ3n) is 2.36. The Morgan fingerprint density at radius 2 is 2.07 bits per heavy atom. The van der Waals surface area contributed by atoms with Gasteiger partial charge in [0, 0.05) is 12.3 Å². The molecule has 72 valence electrons. The lowest BCUT2D eigenvalue weighted by Gasteiger charge is -2.17. The molecule has 3 heteroatoms. The zero-order valence-corrected chi connectivity index (χ0v) is 8.03. The average Bonchev–Trinajstić information content (AvgIpc) is 2.23. The van der Waals surface area contributed by atoms with Gasteiger partial charge in [-0.15, -0.1) is 0 Å². The number of nitrogens with one attached hydrogen (secondary N) is 1. The van der Waals surface area contributed by atoms with E-state index in [0.29, 0.717) is 0 Å². The number of rotatable bonds is 1. The van der Waals surface area contributed by atoms with Gasteiger partial charge in [-0.3, -0.25) is 4.79 Å². The number of hydrogen-bond donors (Lipinski definition) is 1. The van der Waals surface area contributed by atoms with Gasteiger partial charge in [0.15, 0.2) is 0 Å². The van der Waals surface area contributed by atoms with Crippen molar-refractivity contribution in [3.05, 3.63) is 35.9 Å². The van der Waals surface area contributed by atoms with Crippen LogP contribution >= 0.6 is 0 Å². The molecule has 1 N–H and O–H groups in total. The van der Waals surface area contributed by atoms with Gasteiger partial charge in [0.1, 0.15) is 0 Å². The van der Waals surface area contributed by atoms with Crippen LogP contribution in [0.2, 0.25) is 0 Å². The van der Waals surface area contributed by atoms with Crippen LogP contribution in [0, 0.1) is 5.92 Å². The van der Waals surface area contributed by atoms with Gasteiger partial charge in [-0.1, -0.05) is 37.3 Å². The highest BCUT2D eigenvalue weighted by Gasteiger charge is 2.20.